The molecule has 0 amide bonds. The summed E-state index contributed by atoms with van der Waals surface area (Å²) in [4.78, 5) is 13.4. The van der Waals surface area contributed by atoms with E-state index in [2.05, 4.69) is 27.0 Å². The lowest BCUT2D eigenvalue weighted by Crippen LogP contribution is -2.52. The molecule has 0 spiro atoms. The summed E-state index contributed by atoms with van der Waals surface area (Å²) in [7, 11) is 1.64. The van der Waals surface area contributed by atoms with Crippen molar-refractivity contribution < 1.29 is 13.9 Å². The van der Waals surface area contributed by atoms with Crippen LogP contribution in [0.1, 0.15) is 12.5 Å². The lowest BCUT2D eigenvalue weighted by atomic mass is 10.2. The summed E-state index contributed by atoms with van der Waals surface area (Å²) < 4.78 is 24.5. The Morgan fingerprint density at radius 2 is 1.93 bits per heavy atom. The van der Waals surface area contributed by atoms with E-state index in [-0.39, 0.29) is 5.82 Å². The number of rotatable bonds is 8. The van der Waals surface area contributed by atoms with E-state index in [9.17, 15) is 4.39 Å². The van der Waals surface area contributed by atoms with Crippen molar-refractivity contribution in [3.8, 4) is 5.88 Å². The normalized spacial score (nSPS) is 14.7. The van der Waals surface area contributed by atoms with Gasteiger partial charge in [-0.2, -0.15) is 0 Å². The first-order chi connectivity index (χ1) is 14.7. The standard InChI is InChI=1S/C22H30FN5O2/c1-3-24-22(26-17-18-8-9-21(25-16-18)30-15-14-29-2)28-12-10-27(11-13-28)20-7-5-4-6-19(20)23/h4-9,16H,3,10-15,17H2,1-2H3,(H,24,26). The quantitative estimate of drug-likeness (QED) is 0.406. The fraction of sp³-hybridized carbons (Fsp3) is 0.455. The average molecular weight is 416 g/mol. The Labute approximate surface area is 177 Å². The minimum Gasteiger partial charge on any atom is -0.475 e. The van der Waals surface area contributed by atoms with Crippen LogP contribution in [0.4, 0.5) is 10.1 Å². The van der Waals surface area contributed by atoms with Gasteiger partial charge in [-0.1, -0.05) is 18.2 Å². The van der Waals surface area contributed by atoms with E-state index in [0.29, 0.717) is 31.3 Å². The smallest absolute Gasteiger partial charge is 0.213 e. The molecule has 0 radical (unpaired) electrons. The molecular formula is C22H30FN5O2. The zero-order valence-electron chi connectivity index (χ0n) is 17.7. The minimum absolute atomic E-state index is 0.173. The number of benzene rings is 1. The van der Waals surface area contributed by atoms with E-state index in [4.69, 9.17) is 14.5 Å². The zero-order chi connectivity index (χ0) is 21.2. The molecule has 1 aliphatic heterocycles. The summed E-state index contributed by atoms with van der Waals surface area (Å²) >= 11 is 0. The third-order valence-corrected chi connectivity index (χ3v) is 4.85. The summed E-state index contributed by atoms with van der Waals surface area (Å²) in [5.74, 6) is 1.27. The van der Waals surface area contributed by atoms with Gasteiger partial charge in [-0.15, -0.1) is 0 Å². The number of guanidine groups is 1. The number of hydrogen-bond acceptors (Lipinski definition) is 5. The molecule has 2 aromatic rings. The Morgan fingerprint density at radius 1 is 1.13 bits per heavy atom. The number of aromatic nitrogens is 1. The van der Waals surface area contributed by atoms with Crippen molar-refractivity contribution in [2.75, 3.05) is 57.9 Å². The predicted octanol–water partition coefficient (Wildman–Crippen LogP) is 2.53. The lowest BCUT2D eigenvalue weighted by Gasteiger charge is -2.37. The third kappa shape index (κ3) is 6.06. The molecule has 0 aliphatic carbocycles. The maximum Gasteiger partial charge on any atom is 0.213 e. The molecule has 7 nitrogen and oxygen atoms in total. The molecule has 1 saturated heterocycles. The zero-order valence-corrected chi connectivity index (χ0v) is 17.7. The summed E-state index contributed by atoms with van der Waals surface area (Å²) in [5, 5.41) is 3.36. The lowest BCUT2D eigenvalue weighted by molar-refractivity contribution is 0.143. The van der Waals surface area contributed by atoms with Crippen molar-refractivity contribution in [3.05, 3.63) is 54.0 Å². The predicted molar refractivity (Wildman–Crippen MR) is 117 cm³/mol. The molecule has 1 aromatic carbocycles. The molecule has 162 valence electrons. The topological polar surface area (TPSA) is 62.2 Å². The van der Waals surface area contributed by atoms with Crippen molar-refractivity contribution in [2.24, 2.45) is 4.99 Å². The van der Waals surface area contributed by atoms with Crippen molar-refractivity contribution >= 4 is 11.6 Å². The van der Waals surface area contributed by atoms with Crippen LogP contribution >= 0.6 is 0 Å². The van der Waals surface area contributed by atoms with Crippen molar-refractivity contribution in [1.29, 1.82) is 0 Å². The Hall–Kier alpha value is -2.87. The summed E-state index contributed by atoms with van der Waals surface area (Å²) in [6, 6.07) is 10.8. The van der Waals surface area contributed by atoms with Crippen molar-refractivity contribution in [3.63, 3.8) is 0 Å². The highest BCUT2D eigenvalue weighted by Crippen LogP contribution is 2.20. The maximum absolute atomic E-state index is 14.1. The number of piperazine rings is 1. The minimum atomic E-state index is -0.173. The fourth-order valence-corrected chi connectivity index (χ4v) is 3.28. The van der Waals surface area contributed by atoms with Crippen LogP contribution in [0.25, 0.3) is 0 Å². The van der Waals surface area contributed by atoms with Gasteiger partial charge in [-0.05, 0) is 24.6 Å². The van der Waals surface area contributed by atoms with Crippen molar-refractivity contribution in [1.82, 2.24) is 15.2 Å². The highest BCUT2D eigenvalue weighted by molar-refractivity contribution is 5.80. The first kappa shape index (κ1) is 21.8. The molecule has 1 aromatic heterocycles. The van der Waals surface area contributed by atoms with E-state index in [1.807, 2.05) is 24.3 Å². The Bertz CT molecular complexity index is 807. The number of nitrogens with one attached hydrogen (secondary N) is 1. The first-order valence-electron chi connectivity index (χ1n) is 10.3. The fourth-order valence-electron chi connectivity index (χ4n) is 3.28. The largest absolute Gasteiger partial charge is 0.475 e. The van der Waals surface area contributed by atoms with Gasteiger partial charge in [0.2, 0.25) is 5.88 Å². The number of hydrogen-bond donors (Lipinski definition) is 1. The molecule has 1 aliphatic rings. The van der Waals surface area contributed by atoms with Crippen LogP contribution in [-0.4, -0.2) is 68.9 Å². The van der Waals surface area contributed by atoms with Gasteiger partial charge >= 0.3 is 0 Å². The van der Waals surface area contributed by atoms with Gasteiger partial charge in [0.05, 0.1) is 18.8 Å². The van der Waals surface area contributed by atoms with Crippen LogP contribution in [0, 0.1) is 5.82 Å². The molecule has 2 heterocycles. The van der Waals surface area contributed by atoms with E-state index < -0.39 is 0 Å². The molecule has 30 heavy (non-hydrogen) atoms. The van der Waals surface area contributed by atoms with E-state index in [1.165, 1.54) is 6.07 Å². The van der Waals surface area contributed by atoms with Gasteiger partial charge in [-0.25, -0.2) is 14.4 Å². The SMILES string of the molecule is CCNC(=NCc1ccc(OCCOC)nc1)N1CCN(c2ccccc2F)CC1. The second-order valence-corrected chi connectivity index (χ2v) is 6.94. The average Bonchev–Trinajstić information content (AvgIpc) is 2.78. The molecule has 0 saturated carbocycles. The molecule has 0 bridgehead atoms. The van der Waals surface area contributed by atoms with Crippen LogP contribution in [0.5, 0.6) is 5.88 Å². The number of ether oxygens (including phenoxy) is 2. The van der Waals surface area contributed by atoms with Gasteiger partial charge in [0.1, 0.15) is 12.4 Å². The maximum atomic E-state index is 14.1. The van der Waals surface area contributed by atoms with E-state index in [0.717, 1.165) is 44.2 Å². The van der Waals surface area contributed by atoms with Crippen LogP contribution in [0.3, 0.4) is 0 Å². The van der Waals surface area contributed by atoms with Gasteiger partial charge in [0, 0.05) is 52.1 Å². The summed E-state index contributed by atoms with van der Waals surface area (Å²) in [6.07, 6.45) is 1.78. The molecule has 8 heteroatoms. The van der Waals surface area contributed by atoms with Crippen LogP contribution < -0.4 is 15.0 Å². The van der Waals surface area contributed by atoms with E-state index >= 15 is 0 Å². The second-order valence-electron chi connectivity index (χ2n) is 6.94. The van der Waals surface area contributed by atoms with Gasteiger partial charge in [0.15, 0.2) is 5.96 Å². The Morgan fingerprint density at radius 3 is 2.60 bits per heavy atom. The van der Waals surface area contributed by atoms with Gasteiger partial charge in [0.25, 0.3) is 0 Å². The third-order valence-electron chi connectivity index (χ3n) is 4.85. The number of halogens is 1. The molecule has 0 atom stereocenters. The number of methoxy groups -OCH3 is 1. The van der Waals surface area contributed by atoms with Crippen molar-refractivity contribution in [2.45, 2.75) is 13.5 Å². The van der Waals surface area contributed by atoms with Crippen LogP contribution in [0.2, 0.25) is 0 Å². The highest BCUT2D eigenvalue weighted by Gasteiger charge is 2.21. The number of nitrogens with zero attached hydrogens (tertiary/aromatic N) is 4. The molecule has 1 N–H and O–H groups in total. The number of anilines is 1. The van der Waals surface area contributed by atoms with Gasteiger partial charge < -0.3 is 24.6 Å². The van der Waals surface area contributed by atoms with Gasteiger partial charge in [-0.3, -0.25) is 0 Å². The molecule has 1 fully saturated rings. The Balaban J connectivity index is 1.56. The van der Waals surface area contributed by atoms with Crippen LogP contribution in [0.15, 0.2) is 47.6 Å². The highest BCUT2D eigenvalue weighted by atomic mass is 19.1. The second kappa shape index (κ2) is 11.3. The van der Waals surface area contributed by atoms with E-state index in [1.54, 1.807) is 19.4 Å². The molecule has 3 rings (SSSR count). The number of aliphatic imine (C=N–C) groups is 1. The summed E-state index contributed by atoms with van der Waals surface area (Å²) in [5.41, 5.74) is 1.67. The number of para-hydroxylation sites is 1. The Kier molecular flexibility index (Phi) is 8.26. The molecular weight excluding hydrogens is 385 g/mol. The number of pyridine rings is 1. The monoisotopic (exact) mass is 415 g/mol. The molecule has 0 unspecified atom stereocenters. The summed E-state index contributed by atoms with van der Waals surface area (Å²) in [6.45, 7) is 7.45. The first-order valence-corrected chi connectivity index (χ1v) is 10.3. The van der Waals surface area contributed by atoms with Crippen LogP contribution in [-0.2, 0) is 11.3 Å².